The summed E-state index contributed by atoms with van der Waals surface area (Å²) < 4.78 is 0. The Balaban J connectivity index is 1.55. The SMILES string of the molecule is CC(Sc1cc(C(=O)NC2CC2)c2ccccc2n1)C(=O)Nc1cc(Cl)ccc1Cl. The van der Waals surface area contributed by atoms with Crippen molar-refractivity contribution in [1.29, 1.82) is 0 Å². The van der Waals surface area contributed by atoms with Gasteiger partial charge in [0.2, 0.25) is 5.91 Å². The van der Waals surface area contributed by atoms with E-state index in [9.17, 15) is 9.59 Å². The molecule has 1 aliphatic rings. The normalized spacial score (nSPS) is 14.4. The monoisotopic (exact) mass is 459 g/mol. The second kappa shape index (κ2) is 8.84. The molecule has 1 atom stereocenters. The molecule has 0 saturated heterocycles. The molecule has 2 amide bonds. The third-order valence-corrected chi connectivity index (χ3v) is 6.29. The number of carbonyl (C=O) groups excluding carboxylic acids is 2. The number of nitrogens with zero attached hydrogens (tertiary/aromatic N) is 1. The first-order valence-electron chi connectivity index (χ1n) is 9.54. The van der Waals surface area contributed by atoms with Gasteiger partial charge < -0.3 is 10.6 Å². The zero-order valence-electron chi connectivity index (χ0n) is 16.1. The van der Waals surface area contributed by atoms with Crippen molar-refractivity contribution >= 4 is 63.4 Å². The molecule has 0 spiro atoms. The van der Waals surface area contributed by atoms with Crippen molar-refractivity contribution in [2.24, 2.45) is 0 Å². The molecule has 154 valence electrons. The maximum Gasteiger partial charge on any atom is 0.252 e. The molecule has 8 heteroatoms. The molecule has 5 nitrogen and oxygen atoms in total. The lowest BCUT2D eigenvalue weighted by molar-refractivity contribution is -0.115. The number of nitrogens with one attached hydrogen (secondary N) is 2. The number of amides is 2. The van der Waals surface area contributed by atoms with Gasteiger partial charge in [-0.3, -0.25) is 9.59 Å². The van der Waals surface area contributed by atoms with Crippen LogP contribution in [0.25, 0.3) is 10.9 Å². The Morgan fingerprint density at radius 1 is 1.13 bits per heavy atom. The average Bonchev–Trinajstić information content (AvgIpc) is 3.54. The highest BCUT2D eigenvalue weighted by Crippen LogP contribution is 2.30. The van der Waals surface area contributed by atoms with E-state index in [1.807, 2.05) is 24.3 Å². The molecule has 0 bridgehead atoms. The Labute approximate surface area is 188 Å². The van der Waals surface area contributed by atoms with Crippen LogP contribution < -0.4 is 10.6 Å². The number of fused-ring (bicyclic) bond motifs is 1. The second-order valence-corrected chi connectivity index (χ2v) is 9.35. The maximum absolute atomic E-state index is 12.7. The molecule has 2 N–H and O–H groups in total. The van der Waals surface area contributed by atoms with Gasteiger partial charge in [0, 0.05) is 16.5 Å². The predicted molar refractivity (Wildman–Crippen MR) is 123 cm³/mol. The summed E-state index contributed by atoms with van der Waals surface area (Å²) in [6.45, 7) is 1.78. The van der Waals surface area contributed by atoms with E-state index in [0.717, 1.165) is 18.2 Å². The van der Waals surface area contributed by atoms with Gasteiger partial charge in [-0.05, 0) is 50.1 Å². The lowest BCUT2D eigenvalue weighted by atomic mass is 10.1. The van der Waals surface area contributed by atoms with Crippen molar-refractivity contribution in [3.63, 3.8) is 0 Å². The molecule has 1 saturated carbocycles. The van der Waals surface area contributed by atoms with Crippen molar-refractivity contribution in [2.75, 3.05) is 5.32 Å². The van der Waals surface area contributed by atoms with Gasteiger partial charge in [0.15, 0.2) is 0 Å². The molecular weight excluding hydrogens is 441 g/mol. The van der Waals surface area contributed by atoms with Gasteiger partial charge in [-0.1, -0.05) is 53.2 Å². The van der Waals surface area contributed by atoms with Crippen molar-refractivity contribution in [3.05, 3.63) is 64.1 Å². The summed E-state index contributed by atoms with van der Waals surface area (Å²) in [7, 11) is 0. The fourth-order valence-electron chi connectivity index (χ4n) is 2.95. The molecular formula is C22H19Cl2N3O2S. The number of aromatic nitrogens is 1. The zero-order chi connectivity index (χ0) is 21.3. The molecule has 30 heavy (non-hydrogen) atoms. The van der Waals surface area contributed by atoms with Gasteiger partial charge in [0.25, 0.3) is 5.91 Å². The lowest BCUT2D eigenvalue weighted by Gasteiger charge is -2.14. The first kappa shape index (κ1) is 21.0. The Kier molecular flexibility index (Phi) is 6.18. The fourth-order valence-corrected chi connectivity index (χ4v) is 4.15. The van der Waals surface area contributed by atoms with Gasteiger partial charge >= 0.3 is 0 Å². The molecule has 4 rings (SSSR count). The van der Waals surface area contributed by atoms with Crippen LogP contribution in [0.5, 0.6) is 0 Å². The van der Waals surface area contributed by atoms with Crippen LogP contribution in [-0.4, -0.2) is 28.1 Å². The van der Waals surface area contributed by atoms with E-state index in [-0.39, 0.29) is 17.9 Å². The molecule has 1 heterocycles. The Hall–Kier alpha value is -2.28. The number of rotatable bonds is 6. The van der Waals surface area contributed by atoms with Crippen LogP contribution in [0.2, 0.25) is 10.0 Å². The smallest absolute Gasteiger partial charge is 0.252 e. The fraction of sp³-hybridized carbons (Fsp3) is 0.227. The average molecular weight is 460 g/mol. The first-order chi connectivity index (χ1) is 14.4. The highest BCUT2D eigenvalue weighted by atomic mass is 35.5. The van der Waals surface area contributed by atoms with Crippen molar-refractivity contribution in [3.8, 4) is 0 Å². The minimum absolute atomic E-state index is 0.110. The highest BCUT2D eigenvalue weighted by Gasteiger charge is 2.25. The minimum Gasteiger partial charge on any atom is -0.349 e. The van der Waals surface area contributed by atoms with Crippen LogP contribution in [0, 0.1) is 0 Å². The van der Waals surface area contributed by atoms with Crippen LogP contribution in [0.15, 0.2) is 53.6 Å². The van der Waals surface area contributed by atoms with Gasteiger partial charge in [0.05, 0.1) is 32.1 Å². The summed E-state index contributed by atoms with van der Waals surface area (Å²) >= 11 is 13.4. The lowest BCUT2D eigenvalue weighted by Crippen LogP contribution is -2.26. The number of carbonyl (C=O) groups is 2. The van der Waals surface area contributed by atoms with Crippen LogP contribution in [-0.2, 0) is 4.79 Å². The molecule has 1 fully saturated rings. The molecule has 0 radical (unpaired) electrons. The van der Waals surface area contributed by atoms with Crippen LogP contribution >= 0.6 is 35.0 Å². The standard InChI is InChI=1S/C22H19Cl2N3O2S/c1-12(21(28)27-19-10-13(23)6-9-17(19)24)30-20-11-16(22(29)25-14-7-8-14)15-4-2-3-5-18(15)26-20/h2-6,9-12,14H,7-8H2,1H3,(H,25,29)(H,27,28). The number of hydrogen-bond donors (Lipinski definition) is 2. The van der Waals surface area contributed by atoms with E-state index in [1.165, 1.54) is 11.8 Å². The number of pyridine rings is 1. The number of para-hydroxylation sites is 1. The Morgan fingerprint density at radius 3 is 2.67 bits per heavy atom. The molecule has 1 aliphatic carbocycles. The third-order valence-electron chi connectivity index (χ3n) is 4.70. The third kappa shape index (κ3) is 4.89. The van der Waals surface area contributed by atoms with E-state index in [4.69, 9.17) is 23.2 Å². The van der Waals surface area contributed by atoms with Crippen LogP contribution in [0.3, 0.4) is 0 Å². The number of hydrogen-bond acceptors (Lipinski definition) is 4. The van der Waals surface area contributed by atoms with Gasteiger partial charge in [-0.25, -0.2) is 4.98 Å². The number of halogens is 2. The minimum atomic E-state index is -0.465. The number of benzene rings is 2. The molecule has 3 aromatic rings. The summed E-state index contributed by atoms with van der Waals surface area (Å²) in [5.74, 6) is -0.344. The Bertz CT molecular complexity index is 1130. The van der Waals surface area contributed by atoms with Crippen LogP contribution in [0.1, 0.15) is 30.1 Å². The van der Waals surface area contributed by atoms with Gasteiger partial charge in [-0.15, -0.1) is 0 Å². The van der Waals surface area contributed by atoms with Crippen molar-refractivity contribution in [2.45, 2.75) is 36.1 Å². The zero-order valence-corrected chi connectivity index (χ0v) is 18.4. The van der Waals surface area contributed by atoms with Gasteiger partial charge in [0.1, 0.15) is 0 Å². The molecule has 2 aromatic carbocycles. The van der Waals surface area contributed by atoms with E-state index in [2.05, 4.69) is 15.6 Å². The molecule has 1 aromatic heterocycles. The molecule has 0 aliphatic heterocycles. The van der Waals surface area contributed by atoms with E-state index < -0.39 is 5.25 Å². The van der Waals surface area contributed by atoms with Crippen molar-refractivity contribution < 1.29 is 9.59 Å². The quantitative estimate of drug-likeness (QED) is 0.473. The predicted octanol–water partition coefficient (Wildman–Crippen LogP) is 5.55. The summed E-state index contributed by atoms with van der Waals surface area (Å²) in [5.41, 5.74) is 1.74. The maximum atomic E-state index is 12.7. The summed E-state index contributed by atoms with van der Waals surface area (Å²) in [6.07, 6.45) is 2.03. The van der Waals surface area contributed by atoms with Crippen molar-refractivity contribution in [1.82, 2.24) is 10.3 Å². The summed E-state index contributed by atoms with van der Waals surface area (Å²) in [6, 6.07) is 14.4. The first-order valence-corrected chi connectivity index (χ1v) is 11.2. The summed E-state index contributed by atoms with van der Waals surface area (Å²) in [4.78, 5) is 30.0. The second-order valence-electron chi connectivity index (χ2n) is 7.15. The topological polar surface area (TPSA) is 71.1 Å². The van der Waals surface area contributed by atoms with E-state index in [0.29, 0.717) is 31.8 Å². The number of anilines is 1. The Morgan fingerprint density at radius 2 is 1.90 bits per heavy atom. The van der Waals surface area contributed by atoms with Gasteiger partial charge in [-0.2, -0.15) is 0 Å². The largest absolute Gasteiger partial charge is 0.349 e. The number of thioether (sulfide) groups is 1. The van der Waals surface area contributed by atoms with E-state index >= 15 is 0 Å². The van der Waals surface area contributed by atoms with Crippen LogP contribution in [0.4, 0.5) is 5.69 Å². The van der Waals surface area contributed by atoms with E-state index in [1.54, 1.807) is 31.2 Å². The highest BCUT2D eigenvalue weighted by molar-refractivity contribution is 8.00. The summed E-state index contributed by atoms with van der Waals surface area (Å²) in [5, 5.41) is 7.65. The molecule has 1 unspecified atom stereocenters.